The van der Waals surface area contributed by atoms with Crippen molar-refractivity contribution in [2.24, 2.45) is 0 Å². The van der Waals surface area contributed by atoms with E-state index in [-0.39, 0.29) is 18.7 Å². The van der Waals surface area contributed by atoms with Crippen molar-refractivity contribution in [2.75, 3.05) is 7.11 Å². The lowest BCUT2D eigenvalue weighted by atomic mass is 9.98. The van der Waals surface area contributed by atoms with E-state index in [9.17, 15) is 14.4 Å². The monoisotopic (exact) mass is 570 g/mol. The standard InChI is InChI=1S/C30H34N8O4/c1-4-6-7-12-24-31-28-26(29(40)36(17-5-2)30(41)38(28)19-25(39)42-3)37(24)18-20-13-15-21(16-14-20)22-10-8-9-11-23(22)27-32-34-35-33-27/h8-11,13-16H,4-7,12,17-19H2,1-3H3,(H,32,33,34,35). The minimum atomic E-state index is -0.584. The van der Waals surface area contributed by atoms with Gasteiger partial charge in [0.2, 0.25) is 0 Å². The van der Waals surface area contributed by atoms with Crippen LogP contribution < -0.4 is 11.2 Å². The normalized spacial score (nSPS) is 11.3. The second-order valence-electron chi connectivity index (χ2n) is 10.1. The largest absolute Gasteiger partial charge is 0.468 e. The maximum atomic E-state index is 13.7. The van der Waals surface area contributed by atoms with Crippen molar-refractivity contribution in [1.82, 2.24) is 39.3 Å². The van der Waals surface area contributed by atoms with Crippen molar-refractivity contribution < 1.29 is 9.53 Å². The molecule has 0 bridgehead atoms. The Hall–Kier alpha value is -4.87. The van der Waals surface area contributed by atoms with E-state index in [1.54, 1.807) is 0 Å². The Morgan fingerprint density at radius 3 is 2.36 bits per heavy atom. The summed E-state index contributed by atoms with van der Waals surface area (Å²) in [6.07, 6.45) is 4.15. The Morgan fingerprint density at radius 1 is 0.929 bits per heavy atom. The van der Waals surface area contributed by atoms with E-state index in [0.29, 0.717) is 36.6 Å². The maximum absolute atomic E-state index is 13.7. The van der Waals surface area contributed by atoms with Gasteiger partial charge in [-0.25, -0.2) is 14.9 Å². The number of carbonyl (C=O) groups excluding carboxylic acids is 1. The molecule has 5 aromatic rings. The number of rotatable bonds is 12. The molecule has 3 aromatic heterocycles. The molecule has 0 unspecified atom stereocenters. The van der Waals surface area contributed by atoms with Gasteiger partial charge in [-0.1, -0.05) is 75.2 Å². The van der Waals surface area contributed by atoms with Crippen LogP contribution in [-0.4, -0.2) is 52.4 Å². The van der Waals surface area contributed by atoms with Gasteiger partial charge in [-0.15, -0.1) is 5.10 Å². The number of hydrogen-bond donors (Lipinski definition) is 1. The highest BCUT2D eigenvalue weighted by Crippen LogP contribution is 2.30. The molecule has 3 heterocycles. The number of methoxy groups -OCH3 is 1. The summed E-state index contributed by atoms with van der Waals surface area (Å²) in [6.45, 7) is 4.31. The molecule has 1 N–H and O–H groups in total. The van der Waals surface area contributed by atoms with E-state index in [1.807, 2.05) is 60.0 Å². The number of imidazole rings is 1. The summed E-state index contributed by atoms with van der Waals surface area (Å²) in [5.74, 6) is 0.701. The second-order valence-corrected chi connectivity index (χ2v) is 10.1. The summed E-state index contributed by atoms with van der Waals surface area (Å²) in [4.78, 5) is 44.1. The number of fused-ring (bicyclic) bond motifs is 1. The zero-order chi connectivity index (χ0) is 29.6. The zero-order valence-corrected chi connectivity index (χ0v) is 24.0. The predicted octanol–water partition coefficient (Wildman–Crippen LogP) is 3.57. The smallest absolute Gasteiger partial charge is 0.333 e. The number of H-pyrrole nitrogens is 1. The van der Waals surface area contributed by atoms with Crippen LogP contribution in [0.1, 0.15) is 50.9 Å². The number of esters is 1. The van der Waals surface area contributed by atoms with Gasteiger partial charge in [0.05, 0.1) is 7.11 Å². The molecule has 0 spiro atoms. The Balaban J connectivity index is 1.60. The van der Waals surface area contributed by atoms with Crippen LogP contribution in [0.15, 0.2) is 58.1 Å². The van der Waals surface area contributed by atoms with E-state index in [2.05, 4.69) is 27.5 Å². The Bertz CT molecular complexity index is 1800. The van der Waals surface area contributed by atoms with E-state index in [1.165, 1.54) is 16.2 Å². The number of benzene rings is 2. The number of hydrogen-bond acceptors (Lipinski definition) is 8. The number of nitrogens with zero attached hydrogens (tertiary/aromatic N) is 7. The molecule has 12 nitrogen and oxygen atoms in total. The fourth-order valence-electron chi connectivity index (χ4n) is 5.17. The lowest BCUT2D eigenvalue weighted by molar-refractivity contribution is -0.141. The average molecular weight is 571 g/mol. The first kappa shape index (κ1) is 28.7. The van der Waals surface area contributed by atoms with E-state index < -0.39 is 17.2 Å². The molecule has 42 heavy (non-hydrogen) atoms. The molecule has 0 aliphatic heterocycles. The first-order chi connectivity index (χ1) is 20.5. The van der Waals surface area contributed by atoms with Crippen LogP contribution >= 0.6 is 0 Å². The van der Waals surface area contributed by atoms with Crippen LogP contribution in [0.5, 0.6) is 0 Å². The van der Waals surface area contributed by atoms with Gasteiger partial charge < -0.3 is 9.30 Å². The number of aromatic amines is 1. The fraction of sp³-hybridized carbons (Fsp3) is 0.367. The van der Waals surface area contributed by atoms with Crippen molar-refractivity contribution >= 4 is 17.1 Å². The average Bonchev–Trinajstić information content (AvgIpc) is 3.67. The Kier molecular flexibility index (Phi) is 8.70. The van der Waals surface area contributed by atoms with Gasteiger partial charge in [0, 0.05) is 25.1 Å². The van der Waals surface area contributed by atoms with Gasteiger partial charge in [-0.3, -0.25) is 18.7 Å². The second kappa shape index (κ2) is 12.8. The van der Waals surface area contributed by atoms with Crippen molar-refractivity contribution in [2.45, 2.75) is 65.6 Å². The van der Waals surface area contributed by atoms with Crippen LogP contribution in [0.25, 0.3) is 33.7 Å². The predicted molar refractivity (Wildman–Crippen MR) is 158 cm³/mol. The van der Waals surface area contributed by atoms with Crippen LogP contribution in [0, 0.1) is 0 Å². The van der Waals surface area contributed by atoms with E-state index >= 15 is 0 Å². The number of aryl methyl sites for hydroxylation is 1. The number of ether oxygens (including phenoxy) is 1. The molecule has 0 radical (unpaired) electrons. The third-order valence-electron chi connectivity index (χ3n) is 7.29. The van der Waals surface area contributed by atoms with Crippen LogP contribution in [0.2, 0.25) is 0 Å². The summed E-state index contributed by atoms with van der Waals surface area (Å²) in [7, 11) is 1.27. The number of unbranched alkanes of at least 4 members (excludes halogenated alkanes) is 2. The van der Waals surface area contributed by atoms with Crippen LogP contribution in [0.3, 0.4) is 0 Å². The molecule has 0 saturated carbocycles. The Morgan fingerprint density at radius 2 is 1.69 bits per heavy atom. The maximum Gasteiger partial charge on any atom is 0.333 e. The van der Waals surface area contributed by atoms with Gasteiger partial charge in [-0.2, -0.15) is 0 Å². The van der Waals surface area contributed by atoms with Gasteiger partial charge in [0.1, 0.15) is 12.4 Å². The fourth-order valence-corrected chi connectivity index (χ4v) is 5.17. The number of tetrazole rings is 1. The summed E-state index contributed by atoms with van der Waals surface area (Å²) in [5.41, 5.74) is 3.36. The van der Waals surface area contributed by atoms with Gasteiger partial charge in [0.15, 0.2) is 17.0 Å². The van der Waals surface area contributed by atoms with Gasteiger partial charge in [0.25, 0.3) is 5.56 Å². The molecule has 0 amide bonds. The van der Waals surface area contributed by atoms with Crippen molar-refractivity contribution in [3.8, 4) is 22.5 Å². The van der Waals surface area contributed by atoms with Crippen LogP contribution in [0.4, 0.5) is 0 Å². The molecular weight excluding hydrogens is 536 g/mol. The molecule has 0 saturated heterocycles. The Labute approximate surface area is 242 Å². The topological polar surface area (TPSA) is 143 Å². The summed E-state index contributed by atoms with van der Waals surface area (Å²) < 4.78 is 9.20. The van der Waals surface area contributed by atoms with Gasteiger partial charge in [-0.05, 0) is 40.0 Å². The van der Waals surface area contributed by atoms with Crippen molar-refractivity contribution in [1.29, 1.82) is 0 Å². The number of carbonyl (C=O) groups is 1. The van der Waals surface area contributed by atoms with Crippen molar-refractivity contribution in [3.63, 3.8) is 0 Å². The number of nitrogens with one attached hydrogen (secondary N) is 1. The SMILES string of the molecule is CCCCCc1nc2c(c(=O)n(CCC)c(=O)n2CC(=O)OC)n1Cc1ccc(-c2ccccc2-c2nnn[nH]2)cc1. The lowest BCUT2D eigenvalue weighted by Crippen LogP contribution is -2.41. The zero-order valence-electron chi connectivity index (χ0n) is 24.0. The summed E-state index contributed by atoms with van der Waals surface area (Å²) in [6, 6.07) is 16.0. The lowest BCUT2D eigenvalue weighted by Gasteiger charge is -2.13. The van der Waals surface area contributed by atoms with E-state index in [0.717, 1.165) is 41.5 Å². The summed E-state index contributed by atoms with van der Waals surface area (Å²) in [5, 5.41) is 14.3. The molecule has 0 aliphatic carbocycles. The first-order valence-corrected chi connectivity index (χ1v) is 14.2. The van der Waals surface area contributed by atoms with Crippen LogP contribution in [-0.2, 0) is 35.6 Å². The van der Waals surface area contributed by atoms with E-state index in [4.69, 9.17) is 9.72 Å². The summed E-state index contributed by atoms with van der Waals surface area (Å²) >= 11 is 0. The molecule has 2 aromatic carbocycles. The molecule has 12 heteroatoms. The third kappa shape index (κ3) is 5.65. The van der Waals surface area contributed by atoms with Gasteiger partial charge >= 0.3 is 11.7 Å². The molecule has 0 fully saturated rings. The minimum absolute atomic E-state index is 0.209. The molecule has 5 rings (SSSR count). The molecular formula is C30H34N8O4. The first-order valence-electron chi connectivity index (χ1n) is 14.2. The minimum Gasteiger partial charge on any atom is -0.468 e. The molecule has 218 valence electrons. The highest BCUT2D eigenvalue weighted by Gasteiger charge is 2.23. The molecule has 0 aliphatic rings. The number of aromatic nitrogens is 8. The highest BCUT2D eigenvalue weighted by molar-refractivity contribution is 5.80. The highest BCUT2D eigenvalue weighted by atomic mass is 16.5. The van der Waals surface area contributed by atoms with Crippen molar-refractivity contribution in [3.05, 3.63) is 80.8 Å². The quantitative estimate of drug-likeness (QED) is 0.177. The molecule has 0 atom stereocenters. The third-order valence-corrected chi connectivity index (χ3v) is 7.29.